The molecule has 0 fully saturated rings. The van der Waals surface area contributed by atoms with E-state index in [1.807, 2.05) is 43.3 Å². The van der Waals surface area contributed by atoms with Gasteiger partial charge in [0.1, 0.15) is 11.5 Å². The van der Waals surface area contributed by atoms with E-state index >= 15 is 0 Å². The molecule has 4 nitrogen and oxygen atoms in total. The highest BCUT2D eigenvalue weighted by Gasteiger charge is 2.65. The third-order valence-corrected chi connectivity index (χ3v) is 8.21. The van der Waals surface area contributed by atoms with Gasteiger partial charge in [0.05, 0.1) is 27.9 Å². The van der Waals surface area contributed by atoms with E-state index in [0.29, 0.717) is 21.5 Å². The maximum absolute atomic E-state index is 6.88. The standard InChI is InChI=1S/C22H21BCl3NO3/c1-20(2)19(26)9-10-21(3)22(20,4)27-15-11-13(24)5-7-17(15)28-23(30-21)29-18-8-6-14(25)12-16(18)27/h5-12,19H,1-4H3. The molecule has 0 radical (unpaired) electrons. The predicted octanol–water partition coefficient (Wildman–Crippen LogP) is 6.64. The summed E-state index contributed by atoms with van der Waals surface area (Å²) in [5.74, 6) is 1.21. The van der Waals surface area contributed by atoms with E-state index < -0.39 is 23.9 Å². The molecule has 6 rings (SSSR count). The summed E-state index contributed by atoms with van der Waals surface area (Å²) in [5, 5.41) is 0.968. The van der Waals surface area contributed by atoms with Gasteiger partial charge in [-0.3, -0.25) is 0 Å². The smallest absolute Gasteiger partial charge is 0.499 e. The van der Waals surface area contributed by atoms with Crippen LogP contribution in [0.4, 0.5) is 11.4 Å². The molecular formula is C22H21BCl3NO3. The van der Waals surface area contributed by atoms with Crippen molar-refractivity contribution in [3.8, 4) is 11.5 Å². The van der Waals surface area contributed by atoms with Gasteiger partial charge in [-0.15, -0.1) is 11.6 Å². The SMILES string of the molecule is CC12C=CC(Cl)C(C)(C)C1(C)N1c3cc(Cl)ccc3OB(Oc3ccc(Cl)cc31)O2. The van der Waals surface area contributed by atoms with E-state index in [-0.39, 0.29) is 5.38 Å². The van der Waals surface area contributed by atoms with Crippen LogP contribution in [0, 0.1) is 5.41 Å². The maximum atomic E-state index is 6.88. The van der Waals surface area contributed by atoms with Gasteiger partial charge in [-0.25, -0.2) is 0 Å². The highest BCUT2D eigenvalue weighted by atomic mass is 35.5. The molecule has 4 aliphatic rings. The molecule has 0 amide bonds. The highest BCUT2D eigenvalue weighted by Crippen LogP contribution is 2.60. The third-order valence-electron chi connectivity index (χ3n) is 7.05. The lowest BCUT2D eigenvalue weighted by molar-refractivity contribution is -0.0445. The highest BCUT2D eigenvalue weighted by molar-refractivity contribution is 6.40. The predicted molar refractivity (Wildman–Crippen MR) is 123 cm³/mol. The summed E-state index contributed by atoms with van der Waals surface area (Å²) in [6, 6.07) is 11.0. The number of anilines is 2. The topological polar surface area (TPSA) is 30.9 Å². The van der Waals surface area contributed by atoms with E-state index in [4.69, 9.17) is 48.8 Å². The van der Waals surface area contributed by atoms with E-state index in [2.05, 4.69) is 25.7 Å². The van der Waals surface area contributed by atoms with Gasteiger partial charge in [-0.05, 0) is 50.2 Å². The van der Waals surface area contributed by atoms with Crippen LogP contribution in [0.1, 0.15) is 27.7 Å². The van der Waals surface area contributed by atoms with Gasteiger partial charge >= 0.3 is 7.32 Å². The number of alkyl halides is 1. The number of benzene rings is 2. The third kappa shape index (κ3) is 2.59. The molecule has 1 aliphatic carbocycles. The van der Waals surface area contributed by atoms with Gasteiger partial charge in [0.15, 0.2) is 0 Å². The Bertz CT molecular complexity index is 1020. The Morgan fingerprint density at radius 1 is 0.900 bits per heavy atom. The molecule has 156 valence electrons. The Balaban J connectivity index is 1.93. The van der Waals surface area contributed by atoms with Crippen molar-refractivity contribution < 1.29 is 14.0 Å². The Hall–Kier alpha value is -1.53. The number of rotatable bonds is 0. The van der Waals surface area contributed by atoms with E-state index in [9.17, 15) is 0 Å². The van der Waals surface area contributed by atoms with Gasteiger partial charge in [-0.1, -0.05) is 49.2 Å². The molecule has 8 heteroatoms. The van der Waals surface area contributed by atoms with E-state index in [1.54, 1.807) is 12.1 Å². The van der Waals surface area contributed by atoms with Gasteiger partial charge < -0.3 is 18.9 Å². The van der Waals surface area contributed by atoms with Gasteiger partial charge in [0, 0.05) is 15.5 Å². The van der Waals surface area contributed by atoms with Gasteiger partial charge in [0.25, 0.3) is 0 Å². The van der Waals surface area contributed by atoms with Crippen LogP contribution in [0.15, 0.2) is 48.6 Å². The fourth-order valence-electron chi connectivity index (χ4n) is 4.86. The molecular weight excluding hydrogens is 443 g/mol. The van der Waals surface area contributed by atoms with Crippen LogP contribution in [-0.2, 0) is 4.65 Å². The Morgan fingerprint density at radius 2 is 1.43 bits per heavy atom. The summed E-state index contributed by atoms with van der Waals surface area (Å²) < 4.78 is 18.8. The summed E-state index contributed by atoms with van der Waals surface area (Å²) in [6.07, 6.45) is 3.99. The minimum Gasteiger partial charge on any atom is -0.499 e. The number of allylic oxidation sites excluding steroid dienone is 1. The van der Waals surface area contributed by atoms with Crippen LogP contribution in [-0.4, -0.2) is 23.8 Å². The van der Waals surface area contributed by atoms with E-state index in [1.165, 1.54) is 0 Å². The Kier molecular flexibility index (Phi) is 4.41. The second-order valence-electron chi connectivity index (χ2n) is 8.86. The second kappa shape index (κ2) is 6.49. The van der Waals surface area contributed by atoms with Crippen molar-refractivity contribution in [2.75, 3.05) is 4.90 Å². The van der Waals surface area contributed by atoms with Crippen molar-refractivity contribution in [3.63, 3.8) is 0 Å². The van der Waals surface area contributed by atoms with Gasteiger partial charge in [0.2, 0.25) is 0 Å². The summed E-state index contributed by atoms with van der Waals surface area (Å²) in [6.45, 7) is 8.50. The Morgan fingerprint density at radius 3 is 1.97 bits per heavy atom. The molecule has 3 unspecified atom stereocenters. The lowest BCUT2D eigenvalue weighted by Crippen LogP contribution is -2.73. The lowest BCUT2D eigenvalue weighted by atomic mass is 9.57. The first-order valence-corrected chi connectivity index (χ1v) is 11.0. The molecule has 2 aromatic carbocycles. The number of hydrogen-bond acceptors (Lipinski definition) is 4. The monoisotopic (exact) mass is 463 g/mol. The quantitative estimate of drug-likeness (QED) is 0.248. The molecule has 2 aromatic rings. The molecule has 0 N–H and O–H groups in total. The molecule has 2 bridgehead atoms. The van der Waals surface area contributed by atoms with Crippen LogP contribution in [0.3, 0.4) is 0 Å². The van der Waals surface area contributed by atoms with Crippen LogP contribution >= 0.6 is 34.8 Å². The number of nitrogens with zero attached hydrogens (tertiary/aromatic N) is 1. The lowest BCUT2D eigenvalue weighted by Gasteiger charge is -2.64. The van der Waals surface area contributed by atoms with Crippen LogP contribution in [0.25, 0.3) is 0 Å². The average molecular weight is 465 g/mol. The first-order valence-electron chi connectivity index (χ1n) is 9.81. The summed E-state index contributed by atoms with van der Waals surface area (Å²) in [7, 11) is -0.969. The maximum Gasteiger partial charge on any atom is 0.788 e. The zero-order chi connectivity index (χ0) is 21.5. The van der Waals surface area contributed by atoms with Crippen molar-refractivity contribution >= 4 is 53.5 Å². The van der Waals surface area contributed by atoms with E-state index in [0.717, 1.165) is 11.4 Å². The van der Waals surface area contributed by atoms with Gasteiger partial charge in [-0.2, -0.15) is 0 Å². The normalized spacial score (nSPS) is 30.8. The van der Waals surface area contributed by atoms with Crippen molar-refractivity contribution in [2.24, 2.45) is 5.41 Å². The number of hydrogen-bond donors (Lipinski definition) is 0. The summed E-state index contributed by atoms with van der Waals surface area (Å²) in [4.78, 5) is 2.17. The molecule has 3 atom stereocenters. The largest absolute Gasteiger partial charge is 0.788 e. The van der Waals surface area contributed by atoms with Crippen LogP contribution < -0.4 is 14.2 Å². The fraction of sp³-hybridized carbons (Fsp3) is 0.364. The first-order chi connectivity index (χ1) is 14.1. The molecule has 0 saturated heterocycles. The Labute approximate surface area is 191 Å². The van der Waals surface area contributed by atoms with Crippen molar-refractivity contribution in [1.82, 2.24) is 0 Å². The second-order valence-corrected chi connectivity index (χ2v) is 10.2. The van der Waals surface area contributed by atoms with Crippen LogP contribution in [0.5, 0.6) is 11.5 Å². The average Bonchev–Trinajstić information content (AvgIpc) is 2.66. The number of halogens is 3. The van der Waals surface area contributed by atoms with Crippen molar-refractivity contribution in [3.05, 3.63) is 58.6 Å². The molecule has 0 spiro atoms. The molecule has 3 heterocycles. The zero-order valence-corrected chi connectivity index (χ0v) is 19.3. The molecule has 3 aliphatic heterocycles. The van der Waals surface area contributed by atoms with Crippen molar-refractivity contribution in [2.45, 2.75) is 44.2 Å². The first kappa shape index (κ1) is 20.4. The zero-order valence-electron chi connectivity index (χ0n) is 17.1. The van der Waals surface area contributed by atoms with Crippen molar-refractivity contribution in [1.29, 1.82) is 0 Å². The minimum atomic E-state index is -0.969. The molecule has 0 aromatic heterocycles. The summed E-state index contributed by atoms with van der Waals surface area (Å²) >= 11 is 19.8. The minimum absolute atomic E-state index is 0.230. The molecule has 30 heavy (non-hydrogen) atoms. The van der Waals surface area contributed by atoms with Crippen LogP contribution in [0.2, 0.25) is 10.0 Å². The fourth-order valence-corrected chi connectivity index (χ4v) is 5.48. The summed E-state index contributed by atoms with van der Waals surface area (Å²) in [5.41, 5.74) is -0.276. The molecule has 0 saturated carbocycles.